The zero-order valence-electron chi connectivity index (χ0n) is 14.1. The molecule has 0 unspecified atom stereocenters. The van der Waals surface area contributed by atoms with Crippen molar-refractivity contribution in [2.45, 2.75) is 18.6 Å². The largest absolute Gasteiger partial charge is 0.387 e. The van der Waals surface area contributed by atoms with Crippen molar-refractivity contribution >= 4 is 11.8 Å². The van der Waals surface area contributed by atoms with E-state index < -0.39 is 12.0 Å². The van der Waals surface area contributed by atoms with E-state index in [2.05, 4.69) is 5.32 Å². The summed E-state index contributed by atoms with van der Waals surface area (Å²) in [6, 6.07) is 18.5. The Bertz CT molecular complexity index is 733. The SMILES string of the molecule is CN1C(=O)C[C@@H](C(=O)NC[C@@H](O)c2ccccc2)[C@@H]1c1ccccc1. The number of carbonyl (C=O) groups is 2. The van der Waals surface area contributed by atoms with Gasteiger partial charge >= 0.3 is 0 Å². The van der Waals surface area contributed by atoms with Gasteiger partial charge in [-0.3, -0.25) is 9.59 Å². The minimum atomic E-state index is -0.768. The van der Waals surface area contributed by atoms with Crippen LogP contribution < -0.4 is 5.32 Å². The number of aliphatic hydroxyl groups is 1. The highest BCUT2D eigenvalue weighted by Crippen LogP contribution is 2.37. The van der Waals surface area contributed by atoms with Gasteiger partial charge in [0.15, 0.2) is 0 Å². The molecule has 2 N–H and O–H groups in total. The minimum Gasteiger partial charge on any atom is -0.387 e. The van der Waals surface area contributed by atoms with E-state index in [1.807, 2.05) is 60.7 Å². The lowest BCUT2D eigenvalue weighted by Crippen LogP contribution is -2.36. The first-order valence-corrected chi connectivity index (χ1v) is 8.39. The van der Waals surface area contributed by atoms with E-state index in [0.29, 0.717) is 0 Å². The third kappa shape index (κ3) is 3.72. The van der Waals surface area contributed by atoms with Gasteiger partial charge in [0, 0.05) is 20.0 Å². The third-order valence-corrected chi connectivity index (χ3v) is 4.72. The van der Waals surface area contributed by atoms with Gasteiger partial charge in [-0.15, -0.1) is 0 Å². The molecule has 0 spiro atoms. The van der Waals surface area contributed by atoms with Crippen LogP contribution in [0.4, 0.5) is 0 Å². The summed E-state index contributed by atoms with van der Waals surface area (Å²) in [5.41, 5.74) is 1.70. The molecule has 3 rings (SSSR count). The summed E-state index contributed by atoms with van der Waals surface area (Å²) < 4.78 is 0. The van der Waals surface area contributed by atoms with Gasteiger partial charge in [0.05, 0.1) is 18.1 Å². The van der Waals surface area contributed by atoms with Gasteiger partial charge in [0.2, 0.25) is 11.8 Å². The zero-order valence-corrected chi connectivity index (χ0v) is 14.1. The van der Waals surface area contributed by atoms with Crippen LogP contribution in [0.15, 0.2) is 60.7 Å². The summed E-state index contributed by atoms with van der Waals surface area (Å²) in [5.74, 6) is -0.706. The first-order chi connectivity index (χ1) is 12.1. The highest BCUT2D eigenvalue weighted by atomic mass is 16.3. The van der Waals surface area contributed by atoms with Crippen molar-refractivity contribution in [2.24, 2.45) is 5.92 Å². The summed E-state index contributed by atoms with van der Waals surface area (Å²) in [6.45, 7) is 0.124. The Labute approximate surface area is 147 Å². The Balaban J connectivity index is 1.69. The molecule has 130 valence electrons. The first kappa shape index (κ1) is 17.2. The third-order valence-electron chi connectivity index (χ3n) is 4.72. The van der Waals surface area contributed by atoms with E-state index in [4.69, 9.17) is 0 Å². The second kappa shape index (κ2) is 7.49. The standard InChI is InChI=1S/C20H22N2O3/c1-22-18(24)12-16(19(22)15-10-6-3-7-11-15)20(25)21-13-17(23)14-8-4-2-5-9-14/h2-11,16-17,19,23H,12-13H2,1H3,(H,21,25)/t16-,17-,19+/m1/s1. The number of nitrogens with one attached hydrogen (secondary N) is 1. The summed E-state index contributed by atoms with van der Waals surface area (Å²) in [6.07, 6.45) is -0.585. The fraction of sp³-hybridized carbons (Fsp3) is 0.300. The van der Waals surface area contributed by atoms with Crippen LogP contribution in [0.5, 0.6) is 0 Å². The van der Waals surface area contributed by atoms with E-state index in [0.717, 1.165) is 11.1 Å². The summed E-state index contributed by atoms with van der Waals surface area (Å²) in [7, 11) is 1.73. The Morgan fingerprint density at radius 2 is 1.76 bits per heavy atom. The molecule has 0 radical (unpaired) electrons. The highest BCUT2D eigenvalue weighted by Gasteiger charge is 2.42. The maximum absolute atomic E-state index is 12.7. The van der Waals surface area contributed by atoms with Gasteiger partial charge in [0.25, 0.3) is 0 Å². The van der Waals surface area contributed by atoms with Crippen molar-refractivity contribution in [2.75, 3.05) is 13.6 Å². The molecule has 5 nitrogen and oxygen atoms in total. The van der Waals surface area contributed by atoms with Crippen LogP contribution in [0, 0.1) is 5.92 Å². The number of hydrogen-bond donors (Lipinski definition) is 2. The molecule has 1 heterocycles. The maximum Gasteiger partial charge on any atom is 0.226 e. The number of hydrogen-bond acceptors (Lipinski definition) is 3. The molecular weight excluding hydrogens is 316 g/mol. The predicted octanol–water partition coefficient (Wildman–Crippen LogP) is 2.06. The topological polar surface area (TPSA) is 69.6 Å². The molecule has 0 aromatic heterocycles. The predicted molar refractivity (Wildman–Crippen MR) is 94.5 cm³/mol. The van der Waals surface area contributed by atoms with E-state index in [1.165, 1.54) is 0 Å². The van der Waals surface area contributed by atoms with Gasteiger partial charge in [-0.1, -0.05) is 60.7 Å². The van der Waals surface area contributed by atoms with E-state index >= 15 is 0 Å². The molecule has 2 aromatic rings. The second-order valence-corrected chi connectivity index (χ2v) is 6.34. The molecule has 1 fully saturated rings. The number of likely N-dealkylation sites (tertiary alicyclic amines) is 1. The fourth-order valence-corrected chi connectivity index (χ4v) is 3.33. The molecule has 3 atom stereocenters. The summed E-state index contributed by atoms with van der Waals surface area (Å²) in [5, 5.41) is 13.0. The smallest absolute Gasteiger partial charge is 0.226 e. The molecule has 2 amide bonds. The van der Waals surface area contributed by atoms with Crippen molar-refractivity contribution < 1.29 is 14.7 Å². The van der Waals surface area contributed by atoms with Gasteiger partial charge in [0.1, 0.15) is 0 Å². The molecule has 25 heavy (non-hydrogen) atoms. The van der Waals surface area contributed by atoms with Crippen LogP contribution >= 0.6 is 0 Å². The molecule has 0 bridgehead atoms. The first-order valence-electron chi connectivity index (χ1n) is 8.39. The van der Waals surface area contributed by atoms with Crippen LogP contribution in [-0.2, 0) is 9.59 Å². The van der Waals surface area contributed by atoms with Crippen LogP contribution in [0.3, 0.4) is 0 Å². The second-order valence-electron chi connectivity index (χ2n) is 6.34. The highest BCUT2D eigenvalue weighted by molar-refractivity contribution is 5.90. The maximum atomic E-state index is 12.7. The van der Waals surface area contributed by atoms with Crippen molar-refractivity contribution in [1.82, 2.24) is 10.2 Å². The van der Waals surface area contributed by atoms with Crippen molar-refractivity contribution in [1.29, 1.82) is 0 Å². The molecule has 1 aliphatic rings. The normalized spacial score (nSPS) is 21.2. The molecular formula is C20H22N2O3. The molecule has 1 aliphatic heterocycles. The number of carbonyl (C=O) groups excluding carboxylic acids is 2. The number of benzene rings is 2. The zero-order chi connectivity index (χ0) is 17.8. The monoisotopic (exact) mass is 338 g/mol. The minimum absolute atomic E-state index is 0.0439. The lowest BCUT2D eigenvalue weighted by molar-refractivity contribution is -0.128. The van der Waals surface area contributed by atoms with E-state index in [-0.39, 0.29) is 30.8 Å². The Morgan fingerprint density at radius 3 is 2.40 bits per heavy atom. The number of amides is 2. The van der Waals surface area contributed by atoms with E-state index in [9.17, 15) is 14.7 Å². The average Bonchev–Trinajstić information content (AvgIpc) is 2.96. The quantitative estimate of drug-likeness (QED) is 0.877. The van der Waals surface area contributed by atoms with Crippen molar-refractivity contribution in [3.63, 3.8) is 0 Å². The van der Waals surface area contributed by atoms with E-state index in [1.54, 1.807) is 11.9 Å². The number of nitrogens with zero attached hydrogens (tertiary/aromatic N) is 1. The molecule has 0 saturated carbocycles. The fourth-order valence-electron chi connectivity index (χ4n) is 3.33. The lowest BCUT2D eigenvalue weighted by Gasteiger charge is -2.25. The molecule has 2 aromatic carbocycles. The Morgan fingerprint density at radius 1 is 1.16 bits per heavy atom. The van der Waals surface area contributed by atoms with Crippen LogP contribution in [-0.4, -0.2) is 35.4 Å². The number of rotatable bonds is 5. The summed E-state index contributed by atoms with van der Waals surface area (Å²) in [4.78, 5) is 26.4. The van der Waals surface area contributed by atoms with Gasteiger partial charge < -0.3 is 15.3 Å². The van der Waals surface area contributed by atoms with Gasteiger partial charge in [-0.25, -0.2) is 0 Å². The van der Waals surface area contributed by atoms with Crippen molar-refractivity contribution in [3.05, 3.63) is 71.8 Å². The molecule has 1 saturated heterocycles. The van der Waals surface area contributed by atoms with Crippen LogP contribution in [0.1, 0.15) is 29.7 Å². The number of aliphatic hydroxyl groups excluding tert-OH is 1. The Kier molecular flexibility index (Phi) is 5.14. The summed E-state index contributed by atoms with van der Waals surface area (Å²) >= 11 is 0. The molecule has 0 aliphatic carbocycles. The van der Waals surface area contributed by atoms with Gasteiger partial charge in [-0.2, -0.15) is 0 Å². The molecule has 5 heteroatoms. The van der Waals surface area contributed by atoms with Crippen LogP contribution in [0.25, 0.3) is 0 Å². The lowest BCUT2D eigenvalue weighted by atomic mass is 9.93. The van der Waals surface area contributed by atoms with Crippen LogP contribution in [0.2, 0.25) is 0 Å². The van der Waals surface area contributed by atoms with Gasteiger partial charge in [-0.05, 0) is 11.1 Å². The average molecular weight is 338 g/mol. The van der Waals surface area contributed by atoms with Crippen molar-refractivity contribution in [3.8, 4) is 0 Å². The Hall–Kier alpha value is -2.66.